The maximum atomic E-state index is 9.61. The maximum Gasteiger partial charge on any atom is 0.516 e. The first-order chi connectivity index (χ1) is 3.66. The molecule has 0 atom stereocenters. The van der Waals surface area contributed by atoms with Crippen molar-refractivity contribution in [1.29, 1.82) is 1.43 Å². The van der Waals surface area contributed by atoms with Gasteiger partial charge in [0.15, 0.2) is 0 Å². The van der Waals surface area contributed by atoms with E-state index in [0.717, 1.165) is 0 Å². The molecule has 7 heavy (non-hydrogen) atoms. The second kappa shape index (κ2) is 2.01. The highest BCUT2D eigenvalue weighted by Gasteiger charge is 2.01. The second-order valence-corrected chi connectivity index (χ2v) is 0.618. The number of carboxylic acid groups (broad SMARTS) is 2. The molecule has 40 valence electrons. The normalized spacial score (nSPS) is 8.86. The molecule has 0 unspecified atom stereocenters. The van der Waals surface area contributed by atoms with Crippen molar-refractivity contribution in [1.82, 2.24) is 0 Å². The average molecular weight is 107 g/mol. The van der Waals surface area contributed by atoms with Gasteiger partial charge in [-0.3, -0.25) is 0 Å². The minimum Gasteiger partial charge on any atom is -0.449 e. The lowest BCUT2D eigenvalue weighted by atomic mass is 11.3. The molecule has 2 N–H and O–H groups in total. The number of ether oxygens (including phenoxy) is 1. The van der Waals surface area contributed by atoms with Gasteiger partial charge in [-0.05, 0) is 0 Å². The van der Waals surface area contributed by atoms with E-state index >= 15 is 0 Å². The number of hydrogen-bond acceptors (Lipinski definition) is 4. The van der Waals surface area contributed by atoms with Crippen molar-refractivity contribution in [2.45, 2.75) is 0 Å². The van der Waals surface area contributed by atoms with Gasteiger partial charge in [0.25, 0.3) is 0 Å². The van der Waals surface area contributed by atoms with E-state index in [2.05, 4.69) is 9.85 Å². The van der Waals surface area contributed by atoms with Crippen molar-refractivity contribution in [3.05, 3.63) is 0 Å². The van der Waals surface area contributed by atoms with Crippen molar-refractivity contribution >= 4 is 12.3 Å². The van der Waals surface area contributed by atoms with Crippen molar-refractivity contribution in [3.8, 4) is 0 Å². The predicted molar refractivity (Wildman–Crippen MR) is 17.1 cm³/mol. The summed E-state index contributed by atoms with van der Waals surface area (Å²) in [5, 5.41) is 10.7. The van der Waals surface area contributed by atoms with Gasteiger partial charge in [0.1, 0.15) is 0 Å². The van der Waals surface area contributed by atoms with Gasteiger partial charge in [0.2, 0.25) is 0 Å². The second-order valence-electron chi connectivity index (χ2n) is 0.618. The summed E-state index contributed by atoms with van der Waals surface area (Å²) in [6.07, 6.45) is -3.35. The molecule has 0 spiro atoms. The first kappa shape index (κ1) is 3.91. The maximum absolute atomic E-state index is 9.61. The summed E-state index contributed by atoms with van der Waals surface area (Å²) < 4.78 is 9.03. The SMILES string of the molecule is [2H]OC(=O)OC(=O)O. The van der Waals surface area contributed by atoms with Gasteiger partial charge >= 0.3 is 13.7 Å². The highest BCUT2D eigenvalue weighted by atomic mass is 16.7. The summed E-state index contributed by atoms with van der Waals surface area (Å²) in [5.41, 5.74) is 0. The Kier molecular flexibility index (Phi) is 1.13. The van der Waals surface area contributed by atoms with Crippen molar-refractivity contribution < 1.29 is 24.5 Å². The van der Waals surface area contributed by atoms with E-state index in [9.17, 15) is 9.59 Å². The molecule has 0 bridgehead atoms. The van der Waals surface area contributed by atoms with Crippen LogP contribution in [0.3, 0.4) is 0 Å². The smallest absolute Gasteiger partial charge is 0.449 e. The standard InChI is InChI=1S/C2H2O5/c3-1(4)7-2(5)6/h(H,3,4)(H,5,6)/i/hD. The van der Waals surface area contributed by atoms with Crippen LogP contribution in [0.2, 0.25) is 0 Å². The first-order valence-electron chi connectivity index (χ1n) is 1.65. The molecule has 5 nitrogen and oxygen atoms in total. The third-order valence-corrected chi connectivity index (χ3v) is 0.171. The van der Waals surface area contributed by atoms with Crippen LogP contribution in [0.1, 0.15) is 0 Å². The van der Waals surface area contributed by atoms with Crippen LogP contribution >= 0.6 is 0 Å². The molecule has 0 radical (unpaired) electrons. The number of carbonyl (C=O) groups is 2. The Morgan fingerprint density at radius 3 is 2.29 bits per heavy atom. The topological polar surface area (TPSA) is 83.8 Å². The molecule has 0 heterocycles. The third kappa shape index (κ3) is 4.74. The van der Waals surface area contributed by atoms with Gasteiger partial charge in [-0.25, -0.2) is 9.59 Å². The molecule has 0 aliphatic heterocycles. The van der Waals surface area contributed by atoms with E-state index in [1.807, 2.05) is 0 Å². The number of hydrogen-bond donors (Lipinski definition) is 2. The molecule has 0 saturated carbocycles. The zero-order valence-corrected chi connectivity index (χ0v) is 3.08. The first-order valence-corrected chi connectivity index (χ1v) is 1.24. The summed E-state index contributed by atoms with van der Waals surface area (Å²) in [4.78, 5) is 19.0. The minimum atomic E-state index is -1.79. The molecule has 0 aliphatic rings. The Balaban J connectivity index is 3.40. The van der Waals surface area contributed by atoms with E-state index in [4.69, 9.17) is 6.54 Å². The molecule has 0 amide bonds. The lowest BCUT2D eigenvalue weighted by Crippen LogP contribution is -2.05. The van der Waals surface area contributed by atoms with Crippen LogP contribution in [0.4, 0.5) is 9.59 Å². The fourth-order valence-corrected chi connectivity index (χ4v) is 0.0713. The molecule has 5 heteroatoms. The molecular formula is C2H2O5. The third-order valence-electron chi connectivity index (χ3n) is 0.171. The molecule has 0 fully saturated rings. The van der Waals surface area contributed by atoms with Crippen molar-refractivity contribution in [2.75, 3.05) is 0 Å². The summed E-state index contributed by atoms with van der Waals surface area (Å²) in [7, 11) is 0. The van der Waals surface area contributed by atoms with Gasteiger partial charge in [-0.15, -0.1) is 0 Å². The van der Waals surface area contributed by atoms with Gasteiger partial charge < -0.3 is 15.0 Å². The average Bonchev–Trinajstić information content (AvgIpc) is 1.65. The van der Waals surface area contributed by atoms with Crippen LogP contribution in [0.15, 0.2) is 0 Å². The summed E-state index contributed by atoms with van der Waals surface area (Å²) >= 11 is 0. The molecule has 0 aromatic heterocycles. The van der Waals surface area contributed by atoms with Crippen LogP contribution < -0.4 is 0 Å². The van der Waals surface area contributed by atoms with E-state index in [1.165, 1.54) is 0 Å². The lowest BCUT2D eigenvalue weighted by Gasteiger charge is -1.84. The van der Waals surface area contributed by atoms with E-state index < -0.39 is 12.3 Å². The molecule has 0 aromatic carbocycles. The Morgan fingerprint density at radius 1 is 1.57 bits per heavy atom. The zero-order valence-electron chi connectivity index (χ0n) is 4.08. The lowest BCUT2D eigenvalue weighted by molar-refractivity contribution is 0.0802. The van der Waals surface area contributed by atoms with E-state index in [0.29, 0.717) is 0 Å². The van der Waals surface area contributed by atoms with Gasteiger partial charge in [-0.2, -0.15) is 0 Å². The van der Waals surface area contributed by atoms with Crippen LogP contribution in [0.25, 0.3) is 1.43 Å². The van der Waals surface area contributed by atoms with Crippen LogP contribution in [-0.4, -0.2) is 22.5 Å². The quantitative estimate of drug-likeness (QED) is 0.345. The Labute approximate surface area is 39.6 Å². The van der Waals surface area contributed by atoms with Crippen LogP contribution in [0, 0.1) is 0 Å². The van der Waals surface area contributed by atoms with Gasteiger partial charge in [0.05, 0.1) is 0 Å². The Bertz CT molecular complexity index is 109. The molecule has 0 aliphatic carbocycles. The Morgan fingerprint density at radius 2 is 2.14 bits per heavy atom. The molecule has 0 saturated heterocycles. The summed E-state index contributed by atoms with van der Waals surface area (Å²) in [6.45, 7) is 0. The molecule has 0 aromatic rings. The van der Waals surface area contributed by atoms with Crippen molar-refractivity contribution in [2.24, 2.45) is 0 Å². The summed E-state index contributed by atoms with van der Waals surface area (Å²) in [5.74, 6) is 0. The van der Waals surface area contributed by atoms with Crippen LogP contribution in [-0.2, 0) is 4.74 Å². The highest BCUT2D eigenvalue weighted by molar-refractivity contribution is 5.74. The zero-order chi connectivity index (χ0) is 6.57. The fourth-order valence-electron chi connectivity index (χ4n) is 0.0713. The molecular weight excluding hydrogens is 104 g/mol. The fraction of sp³-hybridized carbons (Fsp3) is 0. The van der Waals surface area contributed by atoms with E-state index in [-0.39, 0.29) is 0 Å². The van der Waals surface area contributed by atoms with E-state index in [1.54, 1.807) is 0 Å². The monoisotopic (exact) mass is 107 g/mol. The van der Waals surface area contributed by atoms with Crippen molar-refractivity contribution in [3.63, 3.8) is 0 Å². The predicted octanol–water partition coefficient (Wildman–Crippen LogP) is 0.359. The highest BCUT2D eigenvalue weighted by Crippen LogP contribution is 1.73. The molecule has 0 rings (SSSR count). The van der Waals surface area contributed by atoms with Crippen LogP contribution in [0.5, 0.6) is 0 Å². The van der Waals surface area contributed by atoms with Gasteiger partial charge in [0, 0.05) is 0 Å². The minimum absolute atomic E-state index is 1.56. The largest absolute Gasteiger partial charge is 0.516 e. The Hall–Kier alpha value is -1.26. The van der Waals surface area contributed by atoms with Gasteiger partial charge in [-0.1, -0.05) is 0 Å². The number of rotatable bonds is 0. The summed E-state index contributed by atoms with van der Waals surface area (Å²) in [6, 6.07) is 0.